The lowest BCUT2D eigenvalue weighted by Gasteiger charge is -2.48. The first kappa shape index (κ1) is 23.0. The van der Waals surface area contributed by atoms with E-state index in [2.05, 4.69) is 4.90 Å². The highest BCUT2D eigenvalue weighted by atomic mass is 32.1. The van der Waals surface area contributed by atoms with Gasteiger partial charge < -0.3 is 19.5 Å². The zero-order valence-electron chi connectivity index (χ0n) is 16.4. The van der Waals surface area contributed by atoms with Crippen molar-refractivity contribution in [1.29, 1.82) is 0 Å². The van der Waals surface area contributed by atoms with Gasteiger partial charge in [-0.1, -0.05) is 6.07 Å². The maximum atomic E-state index is 12.6. The van der Waals surface area contributed by atoms with E-state index >= 15 is 0 Å². The molecule has 11 heteroatoms. The van der Waals surface area contributed by atoms with E-state index < -0.39 is 12.1 Å². The van der Waals surface area contributed by atoms with Gasteiger partial charge in [0.25, 0.3) is 5.91 Å². The van der Waals surface area contributed by atoms with Crippen LogP contribution in [0.15, 0.2) is 17.5 Å². The Kier molecular flexibility index (Phi) is 7.38. The number of aliphatic carboxylic acids is 1. The van der Waals surface area contributed by atoms with Gasteiger partial charge in [0.2, 0.25) is 0 Å². The number of halogens is 3. The fourth-order valence-electron chi connectivity index (χ4n) is 3.98. The number of likely N-dealkylation sites (tertiary alicyclic amines) is 1. The van der Waals surface area contributed by atoms with Crippen molar-refractivity contribution >= 4 is 23.2 Å². The van der Waals surface area contributed by atoms with E-state index in [1.807, 2.05) is 22.4 Å². The average molecular weight is 450 g/mol. The predicted molar refractivity (Wildman–Crippen MR) is 103 cm³/mol. The third kappa shape index (κ3) is 5.71. The van der Waals surface area contributed by atoms with E-state index in [1.54, 1.807) is 0 Å². The highest BCUT2D eigenvalue weighted by Gasteiger charge is 2.42. The molecule has 4 rings (SSSR count). The Morgan fingerprint density at radius 2 is 1.90 bits per heavy atom. The standard InChI is InChI=1S/C17H24N2O3S.C2HF3O2/c20-16(15-2-1-11-23-15)19-8-10-22-17(13-19)4-6-18(7-5-17)14-3-9-21-12-14;3-2(4,5)1(6)7/h1-2,11,14H,3-10,12-13H2;(H,6,7). The van der Waals surface area contributed by atoms with Gasteiger partial charge in [0.15, 0.2) is 0 Å². The smallest absolute Gasteiger partial charge is 0.475 e. The van der Waals surface area contributed by atoms with E-state index in [0.717, 1.165) is 57.0 Å². The molecule has 3 saturated heterocycles. The molecule has 1 unspecified atom stereocenters. The molecule has 3 fully saturated rings. The molecule has 7 nitrogen and oxygen atoms in total. The van der Waals surface area contributed by atoms with Crippen molar-refractivity contribution in [3.63, 3.8) is 0 Å². The normalized spacial score (nSPS) is 24.4. The minimum absolute atomic E-state index is 0.138. The second-order valence-electron chi connectivity index (χ2n) is 7.59. The number of thiophene rings is 1. The van der Waals surface area contributed by atoms with Gasteiger partial charge in [-0.25, -0.2) is 4.79 Å². The van der Waals surface area contributed by atoms with Crippen LogP contribution in [0.4, 0.5) is 13.2 Å². The van der Waals surface area contributed by atoms with Crippen molar-refractivity contribution in [3.05, 3.63) is 22.4 Å². The summed E-state index contributed by atoms with van der Waals surface area (Å²) in [4.78, 5) is 26.9. The Balaban J connectivity index is 0.000000318. The van der Waals surface area contributed by atoms with Gasteiger partial charge in [-0.05, 0) is 30.7 Å². The summed E-state index contributed by atoms with van der Waals surface area (Å²) in [5.41, 5.74) is -0.138. The molecule has 0 radical (unpaired) electrons. The Morgan fingerprint density at radius 1 is 1.20 bits per heavy atom. The number of nitrogens with zero attached hydrogens (tertiary/aromatic N) is 2. The van der Waals surface area contributed by atoms with E-state index in [0.29, 0.717) is 19.2 Å². The van der Waals surface area contributed by atoms with Crippen LogP contribution in [0.5, 0.6) is 0 Å². The average Bonchev–Trinajstić information content (AvgIpc) is 3.42. The number of piperidine rings is 1. The Hall–Kier alpha value is -1.69. The van der Waals surface area contributed by atoms with Gasteiger partial charge in [-0.3, -0.25) is 9.69 Å². The Morgan fingerprint density at radius 3 is 2.43 bits per heavy atom. The van der Waals surface area contributed by atoms with Crippen LogP contribution in [0.25, 0.3) is 0 Å². The maximum absolute atomic E-state index is 12.6. The number of morpholine rings is 1. The van der Waals surface area contributed by atoms with E-state index in [9.17, 15) is 18.0 Å². The summed E-state index contributed by atoms with van der Waals surface area (Å²) >= 11 is 1.52. The van der Waals surface area contributed by atoms with Crippen molar-refractivity contribution < 1.29 is 37.3 Å². The van der Waals surface area contributed by atoms with Gasteiger partial charge in [-0.2, -0.15) is 13.2 Å². The molecular weight excluding hydrogens is 425 g/mol. The largest absolute Gasteiger partial charge is 0.490 e. The molecule has 0 bridgehead atoms. The minimum Gasteiger partial charge on any atom is -0.475 e. The highest BCUT2D eigenvalue weighted by molar-refractivity contribution is 7.12. The molecule has 1 N–H and O–H groups in total. The lowest BCUT2D eigenvalue weighted by atomic mass is 9.88. The summed E-state index contributed by atoms with van der Waals surface area (Å²) in [5.74, 6) is -2.60. The van der Waals surface area contributed by atoms with Crippen LogP contribution in [0.3, 0.4) is 0 Å². The number of carboxylic acids is 1. The fourth-order valence-corrected chi connectivity index (χ4v) is 4.67. The number of hydrogen-bond donors (Lipinski definition) is 1. The number of rotatable bonds is 2. The van der Waals surface area contributed by atoms with Crippen LogP contribution in [0.2, 0.25) is 0 Å². The van der Waals surface area contributed by atoms with E-state index in [-0.39, 0.29) is 11.5 Å². The summed E-state index contributed by atoms with van der Waals surface area (Å²) in [5, 5.41) is 9.09. The zero-order valence-corrected chi connectivity index (χ0v) is 17.2. The first-order valence-corrected chi connectivity index (χ1v) is 10.7. The third-order valence-corrected chi connectivity index (χ3v) is 6.50. The first-order valence-electron chi connectivity index (χ1n) is 9.79. The third-order valence-electron chi connectivity index (χ3n) is 5.64. The molecule has 3 aliphatic rings. The van der Waals surface area contributed by atoms with Crippen LogP contribution in [-0.4, -0.2) is 90.6 Å². The van der Waals surface area contributed by atoms with Gasteiger partial charge in [0, 0.05) is 32.3 Å². The van der Waals surface area contributed by atoms with Crippen molar-refractivity contribution in [2.75, 3.05) is 46.0 Å². The Labute approximate surface area is 176 Å². The van der Waals surface area contributed by atoms with Crippen molar-refractivity contribution in [3.8, 4) is 0 Å². The Bertz CT molecular complexity index is 714. The fraction of sp³-hybridized carbons (Fsp3) is 0.684. The van der Waals surface area contributed by atoms with Crippen molar-refractivity contribution in [2.24, 2.45) is 0 Å². The summed E-state index contributed by atoms with van der Waals surface area (Å²) < 4.78 is 43.4. The number of ether oxygens (including phenoxy) is 2. The molecule has 0 saturated carbocycles. The van der Waals surface area contributed by atoms with Crippen LogP contribution in [-0.2, 0) is 14.3 Å². The van der Waals surface area contributed by atoms with Crippen molar-refractivity contribution in [2.45, 2.75) is 37.1 Å². The maximum Gasteiger partial charge on any atom is 0.490 e. The van der Waals surface area contributed by atoms with Crippen molar-refractivity contribution in [1.82, 2.24) is 9.80 Å². The molecule has 1 spiro atoms. The molecule has 30 heavy (non-hydrogen) atoms. The van der Waals surface area contributed by atoms with E-state index in [4.69, 9.17) is 19.4 Å². The quantitative estimate of drug-likeness (QED) is 0.746. The molecule has 0 aromatic carbocycles. The summed E-state index contributed by atoms with van der Waals surface area (Å²) in [6.45, 7) is 5.97. The second kappa shape index (κ2) is 9.63. The lowest BCUT2D eigenvalue weighted by Crippen LogP contribution is -2.59. The first-order chi connectivity index (χ1) is 14.2. The molecule has 4 heterocycles. The number of amides is 1. The molecule has 0 aliphatic carbocycles. The van der Waals surface area contributed by atoms with Crippen LogP contribution >= 0.6 is 11.3 Å². The van der Waals surface area contributed by atoms with E-state index in [1.165, 1.54) is 11.3 Å². The number of hydrogen-bond acceptors (Lipinski definition) is 6. The highest BCUT2D eigenvalue weighted by Crippen LogP contribution is 2.32. The molecule has 3 aliphatic heterocycles. The summed E-state index contributed by atoms with van der Waals surface area (Å²) in [7, 11) is 0. The molecular formula is C19H25F3N2O5S. The molecule has 1 atom stereocenters. The summed E-state index contributed by atoms with van der Waals surface area (Å²) in [6, 6.07) is 4.44. The number of carbonyl (C=O) groups excluding carboxylic acids is 1. The van der Waals surface area contributed by atoms with Gasteiger partial charge in [0.1, 0.15) is 0 Å². The second-order valence-corrected chi connectivity index (χ2v) is 8.54. The zero-order chi connectivity index (χ0) is 21.8. The molecule has 1 aromatic rings. The van der Waals surface area contributed by atoms with Crippen LogP contribution < -0.4 is 0 Å². The minimum atomic E-state index is -5.08. The topological polar surface area (TPSA) is 79.3 Å². The SMILES string of the molecule is O=C(O)C(F)(F)F.O=C(c1cccs1)N1CCOC2(CCN(C3CCOC3)CC2)C1. The van der Waals surface area contributed by atoms with Gasteiger partial charge >= 0.3 is 12.1 Å². The molecule has 1 aromatic heterocycles. The van der Waals surface area contributed by atoms with Crippen LogP contribution in [0.1, 0.15) is 28.9 Å². The number of carbonyl (C=O) groups is 2. The molecule has 168 valence electrons. The molecule has 1 amide bonds. The lowest BCUT2D eigenvalue weighted by molar-refractivity contribution is -0.192. The predicted octanol–water partition coefficient (Wildman–Crippen LogP) is 2.48. The monoisotopic (exact) mass is 450 g/mol. The number of carboxylic acid groups (broad SMARTS) is 1. The summed E-state index contributed by atoms with van der Waals surface area (Å²) in [6.07, 6.45) is -1.91. The van der Waals surface area contributed by atoms with Crippen LogP contribution in [0, 0.1) is 0 Å². The van der Waals surface area contributed by atoms with Gasteiger partial charge in [0.05, 0.1) is 30.2 Å². The van der Waals surface area contributed by atoms with Gasteiger partial charge in [-0.15, -0.1) is 11.3 Å². The number of alkyl halides is 3.